The summed E-state index contributed by atoms with van der Waals surface area (Å²) < 4.78 is 25.6. The maximum absolute atomic E-state index is 14.0. The van der Waals surface area contributed by atoms with Crippen LogP contribution in [-0.4, -0.2) is 73.1 Å². The van der Waals surface area contributed by atoms with E-state index < -0.39 is 18.7 Å². The van der Waals surface area contributed by atoms with Gasteiger partial charge in [-0.1, -0.05) is 71.9 Å². The van der Waals surface area contributed by atoms with Crippen LogP contribution in [0.1, 0.15) is 84.3 Å². The Hall–Kier alpha value is -1.70. The predicted molar refractivity (Wildman–Crippen MR) is 136 cm³/mol. The number of carboxylic acids is 1. The SMILES string of the molecule is CCCCCCCCOc1ccc(C2CN(C(F)CC(=O)O)CCO2)cc1.CCN(CC)CC. The summed E-state index contributed by atoms with van der Waals surface area (Å²) in [6, 6.07) is 7.71. The number of morpholine rings is 1. The Labute approximate surface area is 206 Å². The largest absolute Gasteiger partial charge is 0.494 e. The van der Waals surface area contributed by atoms with Gasteiger partial charge in [0.25, 0.3) is 0 Å². The van der Waals surface area contributed by atoms with Gasteiger partial charge in [0, 0.05) is 13.1 Å². The van der Waals surface area contributed by atoms with E-state index in [2.05, 4.69) is 32.6 Å². The standard InChI is InChI=1S/C21H32FNO4.C6H15N/c1-2-3-4-5-6-7-13-26-18-10-8-17(9-11-18)19-16-23(12-14-27-19)20(22)15-21(24)25;1-4-7(5-2)6-3/h8-11,19-20H,2-7,12-16H2,1H3,(H,24,25);4-6H2,1-3H3. The van der Waals surface area contributed by atoms with E-state index in [9.17, 15) is 9.18 Å². The molecule has 1 aliphatic rings. The summed E-state index contributed by atoms with van der Waals surface area (Å²) in [5, 5.41) is 8.76. The second-order valence-electron chi connectivity index (χ2n) is 8.69. The van der Waals surface area contributed by atoms with Gasteiger partial charge in [-0.15, -0.1) is 0 Å². The van der Waals surface area contributed by atoms with E-state index in [4.69, 9.17) is 14.6 Å². The molecule has 1 aliphatic heterocycles. The molecule has 2 rings (SSSR count). The van der Waals surface area contributed by atoms with Crippen molar-refractivity contribution in [2.75, 3.05) is 45.9 Å². The van der Waals surface area contributed by atoms with Gasteiger partial charge < -0.3 is 19.5 Å². The number of alkyl halides is 1. The zero-order chi connectivity index (χ0) is 25.2. The molecule has 0 bridgehead atoms. The Bertz CT molecular complexity index is 635. The first kappa shape index (κ1) is 30.3. The molecule has 1 heterocycles. The second kappa shape index (κ2) is 18.6. The van der Waals surface area contributed by atoms with Crippen molar-refractivity contribution < 1.29 is 23.8 Å². The molecule has 1 N–H and O–H groups in total. The molecule has 1 aromatic carbocycles. The number of unbranched alkanes of at least 4 members (excludes halogenated alkanes) is 5. The number of rotatable bonds is 15. The smallest absolute Gasteiger partial charge is 0.307 e. The van der Waals surface area contributed by atoms with Crippen LogP contribution in [0, 0.1) is 0 Å². The van der Waals surface area contributed by atoms with Crippen LogP contribution >= 0.6 is 0 Å². The van der Waals surface area contributed by atoms with Crippen molar-refractivity contribution in [1.29, 1.82) is 0 Å². The fraction of sp³-hybridized carbons (Fsp3) is 0.741. The lowest BCUT2D eigenvalue weighted by molar-refractivity contribution is -0.142. The highest BCUT2D eigenvalue weighted by atomic mass is 19.1. The van der Waals surface area contributed by atoms with E-state index in [1.807, 2.05) is 24.3 Å². The van der Waals surface area contributed by atoms with Gasteiger partial charge in [0.05, 0.1) is 25.7 Å². The summed E-state index contributed by atoms with van der Waals surface area (Å²) in [5.41, 5.74) is 0.953. The quantitative estimate of drug-likeness (QED) is 0.247. The highest BCUT2D eigenvalue weighted by Gasteiger charge is 2.28. The summed E-state index contributed by atoms with van der Waals surface area (Å²) in [6.07, 6.45) is 5.17. The molecule has 1 saturated heterocycles. The molecule has 0 radical (unpaired) electrons. The van der Waals surface area contributed by atoms with Crippen LogP contribution in [0.2, 0.25) is 0 Å². The average Bonchev–Trinajstić information content (AvgIpc) is 2.85. The van der Waals surface area contributed by atoms with Crippen molar-refractivity contribution in [3.05, 3.63) is 29.8 Å². The van der Waals surface area contributed by atoms with Gasteiger partial charge in [0.15, 0.2) is 6.30 Å². The number of hydrogen-bond donors (Lipinski definition) is 1. The normalized spacial score (nSPS) is 17.2. The molecule has 2 atom stereocenters. The van der Waals surface area contributed by atoms with Crippen LogP contribution in [0.3, 0.4) is 0 Å². The number of carbonyl (C=O) groups is 1. The number of aliphatic carboxylic acids is 1. The molecule has 196 valence electrons. The third-order valence-electron chi connectivity index (χ3n) is 6.20. The van der Waals surface area contributed by atoms with Crippen LogP contribution in [0.25, 0.3) is 0 Å². The van der Waals surface area contributed by atoms with E-state index >= 15 is 0 Å². The van der Waals surface area contributed by atoms with E-state index in [1.54, 1.807) is 0 Å². The van der Waals surface area contributed by atoms with Gasteiger partial charge in [-0.05, 0) is 43.8 Å². The number of halogens is 1. The maximum Gasteiger partial charge on any atom is 0.307 e. The highest BCUT2D eigenvalue weighted by Crippen LogP contribution is 2.26. The minimum absolute atomic E-state index is 0.251. The number of benzene rings is 1. The van der Waals surface area contributed by atoms with Crippen molar-refractivity contribution >= 4 is 5.97 Å². The highest BCUT2D eigenvalue weighted by molar-refractivity contribution is 5.67. The van der Waals surface area contributed by atoms with Gasteiger partial charge >= 0.3 is 5.97 Å². The molecular weight excluding hydrogens is 435 g/mol. The average molecular weight is 483 g/mol. The fourth-order valence-corrected chi connectivity index (χ4v) is 3.92. The Kier molecular flexibility index (Phi) is 16.6. The third-order valence-corrected chi connectivity index (χ3v) is 6.20. The fourth-order valence-electron chi connectivity index (χ4n) is 3.92. The lowest BCUT2D eigenvalue weighted by Crippen LogP contribution is -2.43. The van der Waals surface area contributed by atoms with Gasteiger partial charge in [-0.2, -0.15) is 0 Å². The second-order valence-corrected chi connectivity index (χ2v) is 8.69. The first-order valence-corrected chi connectivity index (χ1v) is 13.1. The minimum Gasteiger partial charge on any atom is -0.494 e. The Balaban J connectivity index is 0.000000718. The van der Waals surface area contributed by atoms with Gasteiger partial charge in [-0.25, -0.2) is 4.39 Å². The lowest BCUT2D eigenvalue weighted by Gasteiger charge is -2.34. The van der Waals surface area contributed by atoms with Crippen molar-refractivity contribution in [1.82, 2.24) is 9.80 Å². The molecule has 0 spiro atoms. The van der Waals surface area contributed by atoms with Gasteiger partial charge in [-0.3, -0.25) is 9.69 Å². The topological polar surface area (TPSA) is 62.2 Å². The number of nitrogens with zero attached hydrogens (tertiary/aromatic N) is 2. The van der Waals surface area contributed by atoms with Crippen LogP contribution in [0.15, 0.2) is 24.3 Å². The van der Waals surface area contributed by atoms with Crippen molar-refractivity contribution in [3.63, 3.8) is 0 Å². The monoisotopic (exact) mass is 482 g/mol. The molecule has 0 aromatic heterocycles. The molecule has 2 unspecified atom stereocenters. The van der Waals surface area contributed by atoms with E-state index in [1.165, 1.54) is 56.6 Å². The molecule has 34 heavy (non-hydrogen) atoms. The summed E-state index contributed by atoms with van der Waals surface area (Å²) >= 11 is 0. The zero-order valence-corrected chi connectivity index (χ0v) is 21.8. The Morgan fingerprint density at radius 3 is 2.26 bits per heavy atom. The van der Waals surface area contributed by atoms with Gasteiger partial charge in [0.2, 0.25) is 0 Å². The summed E-state index contributed by atoms with van der Waals surface area (Å²) in [5.74, 6) is -0.299. The van der Waals surface area contributed by atoms with Crippen LogP contribution in [0.4, 0.5) is 4.39 Å². The summed E-state index contributed by atoms with van der Waals surface area (Å²) in [6.45, 7) is 14.2. The van der Waals surface area contributed by atoms with Crippen molar-refractivity contribution in [2.24, 2.45) is 0 Å². The summed E-state index contributed by atoms with van der Waals surface area (Å²) in [7, 11) is 0. The Morgan fingerprint density at radius 1 is 1.09 bits per heavy atom. The van der Waals surface area contributed by atoms with E-state index in [-0.39, 0.29) is 6.10 Å². The van der Waals surface area contributed by atoms with E-state index in [0.29, 0.717) is 19.7 Å². The molecule has 7 heteroatoms. The molecule has 0 saturated carbocycles. The van der Waals surface area contributed by atoms with Gasteiger partial charge in [0.1, 0.15) is 5.75 Å². The molecule has 1 aromatic rings. The van der Waals surface area contributed by atoms with Crippen LogP contribution < -0.4 is 4.74 Å². The van der Waals surface area contributed by atoms with E-state index in [0.717, 1.165) is 24.3 Å². The number of carboxylic acid groups (broad SMARTS) is 1. The zero-order valence-electron chi connectivity index (χ0n) is 21.8. The predicted octanol–water partition coefficient (Wildman–Crippen LogP) is 5.92. The molecule has 0 aliphatic carbocycles. The van der Waals surface area contributed by atoms with Crippen LogP contribution in [0.5, 0.6) is 5.75 Å². The lowest BCUT2D eigenvalue weighted by atomic mass is 10.1. The number of hydrogen-bond acceptors (Lipinski definition) is 5. The molecule has 6 nitrogen and oxygen atoms in total. The maximum atomic E-state index is 14.0. The van der Waals surface area contributed by atoms with Crippen molar-refractivity contribution in [3.8, 4) is 5.75 Å². The summed E-state index contributed by atoms with van der Waals surface area (Å²) in [4.78, 5) is 14.6. The third kappa shape index (κ3) is 12.7. The van der Waals surface area contributed by atoms with Crippen molar-refractivity contribution in [2.45, 2.75) is 85.0 Å². The first-order valence-electron chi connectivity index (χ1n) is 13.1. The Morgan fingerprint density at radius 2 is 1.71 bits per heavy atom. The van der Waals surface area contributed by atoms with Crippen LogP contribution in [-0.2, 0) is 9.53 Å². The molecular formula is C27H47FN2O4. The number of ether oxygens (including phenoxy) is 2. The molecule has 0 amide bonds. The molecule has 1 fully saturated rings. The first-order chi connectivity index (χ1) is 16.4. The minimum atomic E-state index is -1.48.